The molecule has 6 nitrogen and oxygen atoms in total. The molecule has 0 aromatic heterocycles. The Bertz CT molecular complexity index is 469. The van der Waals surface area contributed by atoms with Crippen molar-refractivity contribution in [2.75, 3.05) is 10.5 Å². The first-order chi connectivity index (χ1) is 6.94. The second-order valence-corrected chi connectivity index (χ2v) is 4.82. The molecule has 0 fully saturated rings. The Morgan fingerprint density at radius 1 is 1.47 bits per heavy atom. The van der Waals surface area contributed by atoms with Crippen molar-refractivity contribution in [1.29, 1.82) is 0 Å². The van der Waals surface area contributed by atoms with Crippen LogP contribution in [0.25, 0.3) is 0 Å². The molecule has 0 aliphatic heterocycles. The van der Waals surface area contributed by atoms with E-state index in [9.17, 15) is 18.5 Å². The Hall–Kier alpha value is -1.63. The van der Waals surface area contributed by atoms with E-state index in [0.29, 0.717) is 0 Å². The number of benzene rings is 1. The second-order valence-electron chi connectivity index (χ2n) is 2.81. The van der Waals surface area contributed by atoms with Crippen LogP contribution in [0.4, 0.5) is 11.4 Å². The first-order valence-electron chi connectivity index (χ1n) is 4.19. The van der Waals surface area contributed by atoms with Gasteiger partial charge in [-0.15, -0.1) is 0 Å². The van der Waals surface area contributed by atoms with Crippen molar-refractivity contribution in [3.05, 3.63) is 34.4 Å². The fraction of sp³-hybridized carbons (Fsp3) is 0.250. The van der Waals surface area contributed by atoms with Crippen LogP contribution in [-0.4, -0.2) is 19.1 Å². The molecule has 15 heavy (non-hydrogen) atoms. The van der Waals surface area contributed by atoms with E-state index in [1.807, 2.05) is 0 Å². The van der Waals surface area contributed by atoms with Crippen LogP contribution in [0, 0.1) is 10.1 Å². The molecule has 0 aliphatic rings. The van der Waals surface area contributed by atoms with Crippen molar-refractivity contribution in [3.8, 4) is 0 Å². The summed E-state index contributed by atoms with van der Waals surface area (Å²) >= 11 is 0. The summed E-state index contributed by atoms with van der Waals surface area (Å²) in [4.78, 5) is 9.84. The molecule has 0 bridgehead atoms. The fourth-order valence-electron chi connectivity index (χ4n) is 0.935. The molecule has 0 unspecified atom stereocenters. The van der Waals surface area contributed by atoms with Crippen LogP contribution >= 0.6 is 0 Å². The lowest BCUT2D eigenvalue weighted by Crippen LogP contribution is -2.14. The van der Waals surface area contributed by atoms with E-state index in [1.54, 1.807) is 0 Å². The molecular formula is C8H10N2O4S. The molecule has 0 saturated heterocycles. The number of sulfonamides is 1. The van der Waals surface area contributed by atoms with Gasteiger partial charge in [0.05, 0.1) is 16.4 Å². The summed E-state index contributed by atoms with van der Waals surface area (Å²) in [6, 6.07) is 5.35. The van der Waals surface area contributed by atoms with E-state index in [4.69, 9.17) is 0 Å². The van der Waals surface area contributed by atoms with E-state index in [1.165, 1.54) is 31.2 Å². The molecule has 1 rings (SSSR count). The highest BCUT2D eigenvalue weighted by Crippen LogP contribution is 2.17. The minimum absolute atomic E-state index is 0.0737. The van der Waals surface area contributed by atoms with Gasteiger partial charge in [-0.05, 0) is 13.0 Å². The lowest BCUT2D eigenvalue weighted by atomic mass is 10.3. The van der Waals surface area contributed by atoms with Crippen molar-refractivity contribution in [2.24, 2.45) is 0 Å². The fourth-order valence-corrected chi connectivity index (χ4v) is 1.57. The number of nitrogens with zero attached hydrogens (tertiary/aromatic N) is 1. The molecule has 82 valence electrons. The summed E-state index contributed by atoms with van der Waals surface area (Å²) in [6.07, 6.45) is 0. The van der Waals surface area contributed by atoms with Gasteiger partial charge < -0.3 is 0 Å². The smallest absolute Gasteiger partial charge is 0.271 e. The van der Waals surface area contributed by atoms with Gasteiger partial charge >= 0.3 is 0 Å². The lowest BCUT2D eigenvalue weighted by molar-refractivity contribution is -0.384. The molecule has 1 aromatic carbocycles. The van der Waals surface area contributed by atoms with Crippen LogP contribution in [0.1, 0.15) is 6.92 Å². The van der Waals surface area contributed by atoms with E-state index < -0.39 is 14.9 Å². The number of rotatable bonds is 4. The number of non-ortho nitro benzene ring substituents is 1. The summed E-state index contributed by atoms with van der Waals surface area (Å²) in [5, 5.41) is 10.4. The predicted octanol–water partition coefficient (Wildman–Crippen LogP) is 1.36. The molecule has 7 heteroatoms. The molecule has 0 amide bonds. The van der Waals surface area contributed by atoms with Crippen LogP contribution in [0.15, 0.2) is 24.3 Å². The van der Waals surface area contributed by atoms with Crippen molar-refractivity contribution in [2.45, 2.75) is 6.92 Å². The minimum Gasteiger partial charge on any atom is -0.283 e. The number of anilines is 1. The van der Waals surface area contributed by atoms with Crippen molar-refractivity contribution in [3.63, 3.8) is 0 Å². The quantitative estimate of drug-likeness (QED) is 0.624. The minimum atomic E-state index is -3.39. The van der Waals surface area contributed by atoms with E-state index >= 15 is 0 Å². The summed E-state index contributed by atoms with van der Waals surface area (Å²) < 4.78 is 24.6. The first-order valence-corrected chi connectivity index (χ1v) is 5.85. The number of nitrogens with one attached hydrogen (secondary N) is 1. The Kier molecular flexibility index (Phi) is 3.25. The zero-order valence-corrected chi connectivity index (χ0v) is 8.82. The third-order valence-corrected chi connectivity index (χ3v) is 3.02. The van der Waals surface area contributed by atoms with Crippen LogP contribution < -0.4 is 4.72 Å². The maximum atomic E-state index is 11.2. The standard InChI is InChI=1S/C8H10N2O4S/c1-2-15(13,14)9-7-4-3-5-8(6-7)10(11)12/h3-6,9H,2H2,1H3. The van der Waals surface area contributed by atoms with E-state index in [0.717, 1.165) is 0 Å². The Morgan fingerprint density at radius 2 is 2.13 bits per heavy atom. The molecule has 0 spiro atoms. The van der Waals surface area contributed by atoms with E-state index in [2.05, 4.69) is 4.72 Å². The highest BCUT2D eigenvalue weighted by molar-refractivity contribution is 7.92. The largest absolute Gasteiger partial charge is 0.283 e. The Labute approximate surface area is 87.1 Å². The third-order valence-electron chi connectivity index (χ3n) is 1.71. The molecule has 0 saturated carbocycles. The van der Waals surface area contributed by atoms with Gasteiger partial charge in [0.1, 0.15) is 0 Å². The molecule has 1 N–H and O–H groups in total. The SMILES string of the molecule is CCS(=O)(=O)Nc1cccc([N+](=O)[O-])c1. The number of hydrogen-bond acceptors (Lipinski definition) is 4. The van der Waals surface area contributed by atoms with Gasteiger partial charge in [-0.2, -0.15) is 0 Å². The summed E-state index contributed by atoms with van der Waals surface area (Å²) in [5.74, 6) is -0.0737. The van der Waals surface area contributed by atoms with Crippen molar-refractivity contribution < 1.29 is 13.3 Å². The Balaban J connectivity index is 2.97. The summed E-state index contributed by atoms with van der Waals surface area (Å²) in [7, 11) is -3.39. The van der Waals surface area contributed by atoms with Gasteiger partial charge in [0, 0.05) is 12.1 Å². The van der Waals surface area contributed by atoms with Crippen LogP contribution in [0.3, 0.4) is 0 Å². The van der Waals surface area contributed by atoms with Gasteiger partial charge in [0.2, 0.25) is 10.0 Å². The lowest BCUT2D eigenvalue weighted by Gasteiger charge is -2.04. The van der Waals surface area contributed by atoms with Gasteiger partial charge in [0.25, 0.3) is 5.69 Å². The highest BCUT2D eigenvalue weighted by atomic mass is 32.2. The van der Waals surface area contributed by atoms with Gasteiger partial charge in [-0.1, -0.05) is 6.07 Å². The molecule has 0 radical (unpaired) electrons. The predicted molar refractivity (Wildman–Crippen MR) is 56.2 cm³/mol. The van der Waals surface area contributed by atoms with Gasteiger partial charge in [0.15, 0.2) is 0 Å². The third kappa shape index (κ3) is 3.21. The second kappa shape index (κ2) is 4.26. The van der Waals surface area contributed by atoms with Gasteiger partial charge in [-0.3, -0.25) is 14.8 Å². The Morgan fingerprint density at radius 3 is 2.67 bits per heavy atom. The van der Waals surface area contributed by atoms with Crippen LogP contribution in [0.2, 0.25) is 0 Å². The number of nitro groups is 1. The maximum Gasteiger partial charge on any atom is 0.271 e. The zero-order valence-electron chi connectivity index (χ0n) is 8.00. The number of hydrogen-bond donors (Lipinski definition) is 1. The normalized spacial score (nSPS) is 11.0. The topological polar surface area (TPSA) is 89.3 Å². The molecule has 1 aromatic rings. The molecule has 0 atom stereocenters. The molecular weight excluding hydrogens is 220 g/mol. The van der Waals surface area contributed by atoms with Crippen LogP contribution in [0.5, 0.6) is 0 Å². The monoisotopic (exact) mass is 230 g/mol. The first kappa shape index (κ1) is 11.4. The average molecular weight is 230 g/mol. The maximum absolute atomic E-state index is 11.2. The van der Waals surface area contributed by atoms with Crippen LogP contribution in [-0.2, 0) is 10.0 Å². The van der Waals surface area contributed by atoms with Crippen molar-refractivity contribution >= 4 is 21.4 Å². The average Bonchev–Trinajstić information content (AvgIpc) is 2.17. The molecule has 0 heterocycles. The summed E-state index contributed by atoms with van der Waals surface area (Å²) in [5.41, 5.74) is 0.0531. The van der Waals surface area contributed by atoms with Crippen molar-refractivity contribution in [1.82, 2.24) is 0 Å². The highest BCUT2D eigenvalue weighted by Gasteiger charge is 2.10. The van der Waals surface area contributed by atoms with E-state index in [-0.39, 0.29) is 17.1 Å². The molecule has 0 aliphatic carbocycles. The summed E-state index contributed by atoms with van der Waals surface area (Å²) in [6.45, 7) is 1.49. The number of nitro benzene ring substituents is 1. The van der Waals surface area contributed by atoms with Gasteiger partial charge in [-0.25, -0.2) is 8.42 Å². The zero-order chi connectivity index (χ0) is 11.5.